The van der Waals surface area contributed by atoms with Gasteiger partial charge in [-0.1, -0.05) is 24.3 Å². The molecular formula is C14H18N4. The third kappa shape index (κ3) is 2.43. The summed E-state index contributed by atoms with van der Waals surface area (Å²) in [5.74, 6) is 0.895. The van der Waals surface area contributed by atoms with E-state index in [9.17, 15) is 0 Å². The van der Waals surface area contributed by atoms with Gasteiger partial charge in [-0.15, -0.1) is 5.10 Å². The molecule has 1 saturated heterocycles. The van der Waals surface area contributed by atoms with E-state index in [1.165, 1.54) is 19.4 Å². The van der Waals surface area contributed by atoms with E-state index in [0.717, 1.165) is 29.6 Å². The normalized spacial score (nSPS) is 19.2. The SMILES string of the molecule is c1ccc2c(NCC[C@H]3CCCN3)nncc2c1. The van der Waals surface area contributed by atoms with Crippen LogP contribution in [0.3, 0.4) is 0 Å². The molecule has 1 aromatic heterocycles. The number of nitrogens with one attached hydrogen (secondary N) is 2. The number of aromatic nitrogens is 2. The van der Waals surface area contributed by atoms with Crippen LogP contribution in [0.5, 0.6) is 0 Å². The minimum atomic E-state index is 0.667. The highest BCUT2D eigenvalue weighted by molar-refractivity contribution is 5.90. The second-order valence-electron chi connectivity index (χ2n) is 4.79. The molecule has 3 rings (SSSR count). The van der Waals surface area contributed by atoms with Gasteiger partial charge in [-0.2, -0.15) is 5.10 Å². The quantitative estimate of drug-likeness (QED) is 0.863. The zero-order valence-electron chi connectivity index (χ0n) is 10.4. The Bertz CT molecular complexity index is 515. The van der Waals surface area contributed by atoms with Gasteiger partial charge in [0.05, 0.1) is 6.20 Å². The van der Waals surface area contributed by atoms with Crippen molar-refractivity contribution in [3.8, 4) is 0 Å². The maximum absolute atomic E-state index is 4.19. The van der Waals surface area contributed by atoms with Crippen molar-refractivity contribution >= 4 is 16.6 Å². The Morgan fingerprint density at radius 2 is 2.28 bits per heavy atom. The summed E-state index contributed by atoms with van der Waals surface area (Å²) in [4.78, 5) is 0. The number of rotatable bonds is 4. The second-order valence-corrected chi connectivity index (χ2v) is 4.79. The molecule has 0 unspecified atom stereocenters. The largest absolute Gasteiger partial charge is 0.368 e. The van der Waals surface area contributed by atoms with Gasteiger partial charge in [-0.25, -0.2) is 0 Å². The molecule has 0 radical (unpaired) electrons. The molecule has 0 aliphatic carbocycles. The molecule has 2 aromatic rings. The van der Waals surface area contributed by atoms with Gasteiger partial charge in [-0.05, 0) is 25.8 Å². The van der Waals surface area contributed by atoms with E-state index < -0.39 is 0 Å². The van der Waals surface area contributed by atoms with E-state index in [1.807, 2.05) is 12.1 Å². The summed E-state index contributed by atoms with van der Waals surface area (Å²) < 4.78 is 0. The lowest BCUT2D eigenvalue weighted by molar-refractivity contribution is 0.574. The van der Waals surface area contributed by atoms with E-state index >= 15 is 0 Å². The Morgan fingerprint density at radius 1 is 1.33 bits per heavy atom. The first-order valence-corrected chi connectivity index (χ1v) is 6.61. The van der Waals surface area contributed by atoms with E-state index in [2.05, 4.69) is 33.0 Å². The molecule has 2 heterocycles. The van der Waals surface area contributed by atoms with Crippen molar-refractivity contribution in [2.75, 3.05) is 18.4 Å². The van der Waals surface area contributed by atoms with Crippen LogP contribution in [0.1, 0.15) is 19.3 Å². The fourth-order valence-electron chi connectivity index (χ4n) is 2.53. The van der Waals surface area contributed by atoms with Crippen molar-refractivity contribution in [2.24, 2.45) is 0 Å². The zero-order valence-corrected chi connectivity index (χ0v) is 10.4. The molecular weight excluding hydrogens is 224 g/mol. The van der Waals surface area contributed by atoms with Crippen LogP contribution in [-0.2, 0) is 0 Å². The Morgan fingerprint density at radius 3 is 3.17 bits per heavy atom. The van der Waals surface area contributed by atoms with Gasteiger partial charge in [0, 0.05) is 23.4 Å². The maximum atomic E-state index is 4.19. The summed E-state index contributed by atoms with van der Waals surface area (Å²) in [6.07, 6.45) is 5.55. The molecule has 0 bridgehead atoms. The highest BCUT2D eigenvalue weighted by Gasteiger charge is 2.13. The first kappa shape index (κ1) is 11.4. The Hall–Kier alpha value is -1.68. The lowest BCUT2D eigenvalue weighted by Crippen LogP contribution is -2.24. The maximum Gasteiger partial charge on any atom is 0.156 e. The van der Waals surface area contributed by atoms with Crippen LogP contribution < -0.4 is 10.6 Å². The lowest BCUT2D eigenvalue weighted by Gasteiger charge is -2.11. The highest BCUT2D eigenvalue weighted by Crippen LogP contribution is 2.19. The smallest absolute Gasteiger partial charge is 0.156 e. The molecule has 4 nitrogen and oxygen atoms in total. The topological polar surface area (TPSA) is 49.8 Å². The molecule has 2 N–H and O–H groups in total. The number of anilines is 1. The van der Waals surface area contributed by atoms with Crippen LogP contribution in [0, 0.1) is 0 Å². The first-order valence-electron chi connectivity index (χ1n) is 6.61. The van der Waals surface area contributed by atoms with E-state index in [4.69, 9.17) is 0 Å². The molecule has 0 spiro atoms. The number of benzene rings is 1. The molecule has 0 amide bonds. The van der Waals surface area contributed by atoms with Crippen LogP contribution in [0.25, 0.3) is 10.8 Å². The van der Waals surface area contributed by atoms with Crippen molar-refractivity contribution in [3.05, 3.63) is 30.5 Å². The third-order valence-corrected chi connectivity index (χ3v) is 3.52. The molecule has 1 atom stereocenters. The Balaban J connectivity index is 1.66. The second kappa shape index (κ2) is 5.31. The summed E-state index contributed by atoms with van der Waals surface area (Å²) in [5, 5.41) is 17.4. The standard InChI is InChI=1S/C14H18N4/c1-2-6-13-11(4-1)10-17-18-14(13)16-9-7-12-5-3-8-15-12/h1-2,4,6,10,12,15H,3,5,7-9H2,(H,16,18)/t12-/m1/s1. The summed E-state index contributed by atoms with van der Waals surface area (Å²) >= 11 is 0. The average Bonchev–Trinajstić information content (AvgIpc) is 2.92. The predicted molar refractivity (Wildman–Crippen MR) is 73.7 cm³/mol. The van der Waals surface area contributed by atoms with Crippen molar-refractivity contribution in [3.63, 3.8) is 0 Å². The minimum Gasteiger partial charge on any atom is -0.368 e. The molecule has 1 aliphatic rings. The molecule has 1 fully saturated rings. The number of fused-ring (bicyclic) bond motifs is 1. The van der Waals surface area contributed by atoms with Gasteiger partial charge in [0.2, 0.25) is 0 Å². The van der Waals surface area contributed by atoms with Crippen LogP contribution in [0.15, 0.2) is 30.5 Å². The van der Waals surface area contributed by atoms with Gasteiger partial charge in [0.15, 0.2) is 5.82 Å². The molecule has 18 heavy (non-hydrogen) atoms. The monoisotopic (exact) mass is 242 g/mol. The number of hydrogen-bond acceptors (Lipinski definition) is 4. The van der Waals surface area contributed by atoms with E-state index in [-0.39, 0.29) is 0 Å². The number of hydrogen-bond donors (Lipinski definition) is 2. The highest BCUT2D eigenvalue weighted by atomic mass is 15.2. The fraction of sp³-hybridized carbons (Fsp3) is 0.429. The summed E-state index contributed by atoms with van der Waals surface area (Å²) in [5.41, 5.74) is 0. The van der Waals surface area contributed by atoms with Crippen LogP contribution in [-0.4, -0.2) is 29.3 Å². The van der Waals surface area contributed by atoms with Crippen LogP contribution in [0.2, 0.25) is 0 Å². The average molecular weight is 242 g/mol. The van der Waals surface area contributed by atoms with Gasteiger partial charge in [0.1, 0.15) is 0 Å². The molecule has 1 aliphatic heterocycles. The van der Waals surface area contributed by atoms with Crippen molar-refractivity contribution < 1.29 is 0 Å². The van der Waals surface area contributed by atoms with Crippen molar-refractivity contribution in [1.82, 2.24) is 15.5 Å². The molecule has 94 valence electrons. The minimum absolute atomic E-state index is 0.667. The zero-order chi connectivity index (χ0) is 12.2. The first-order chi connectivity index (χ1) is 8.93. The summed E-state index contributed by atoms with van der Waals surface area (Å²) in [7, 11) is 0. The van der Waals surface area contributed by atoms with Gasteiger partial charge < -0.3 is 10.6 Å². The molecule has 4 heteroatoms. The van der Waals surface area contributed by atoms with Crippen LogP contribution in [0.4, 0.5) is 5.82 Å². The summed E-state index contributed by atoms with van der Waals surface area (Å²) in [6, 6.07) is 8.87. The Kier molecular flexibility index (Phi) is 3.37. The van der Waals surface area contributed by atoms with E-state index in [0.29, 0.717) is 6.04 Å². The van der Waals surface area contributed by atoms with Crippen LogP contribution >= 0.6 is 0 Å². The van der Waals surface area contributed by atoms with Crippen molar-refractivity contribution in [2.45, 2.75) is 25.3 Å². The Labute approximate surface area is 107 Å². The molecule has 1 aromatic carbocycles. The van der Waals surface area contributed by atoms with Gasteiger partial charge in [0.25, 0.3) is 0 Å². The van der Waals surface area contributed by atoms with Gasteiger partial charge >= 0.3 is 0 Å². The number of nitrogens with zero attached hydrogens (tertiary/aromatic N) is 2. The third-order valence-electron chi connectivity index (χ3n) is 3.52. The fourth-order valence-corrected chi connectivity index (χ4v) is 2.53. The van der Waals surface area contributed by atoms with Crippen molar-refractivity contribution in [1.29, 1.82) is 0 Å². The van der Waals surface area contributed by atoms with Gasteiger partial charge in [-0.3, -0.25) is 0 Å². The predicted octanol–water partition coefficient (Wildman–Crippen LogP) is 2.18. The lowest BCUT2D eigenvalue weighted by atomic mass is 10.1. The molecule has 0 saturated carbocycles. The van der Waals surface area contributed by atoms with E-state index in [1.54, 1.807) is 6.20 Å². The summed E-state index contributed by atoms with van der Waals surface area (Å²) in [6.45, 7) is 2.11.